The molecule has 0 aliphatic carbocycles. The Hall–Kier alpha value is -0.160. The topological polar surface area (TPSA) is 80.9 Å². The van der Waals surface area contributed by atoms with Gasteiger partial charge >= 0.3 is 0 Å². The molecule has 0 heterocycles. The van der Waals surface area contributed by atoms with Crippen LogP contribution in [0.5, 0.6) is 0 Å². The minimum Gasteiger partial charge on any atom is -0.396 e. The molecule has 0 aromatic heterocycles. The van der Waals surface area contributed by atoms with Crippen molar-refractivity contribution in [1.29, 1.82) is 0 Å². The van der Waals surface area contributed by atoms with Gasteiger partial charge in [0.2, 0.25) is 0 Å². The summed E-state index contributed by atoms with van der Waals surface area (Å²) in [6.45, 7) is 4.16. The Bertz CT molecular complexity index is 85.7. The maximum atomic E-state index is 8.35. The maximum Gasteiger partial charge on any atom is 0.151 e. The zero-order chi connectivity index (χ0) is 10.7. The van der Waals surface area contributed by atoms with E-state index in [4.69, 9.17) is 20.4 Å². The Morgan fingerprint density at radius 2 is 1.62 bits per heavy atom. The fourth-order valence-corrected chi connectivity index (χ4v) is 0.570. The lowest BCUT2D eigenvalue weighted by Gasteiger charge is -2.01. The van der Waals surface area contributed by atoms with Crippen LogP contribution in [0, 0.1) is 5.92 Å². The first-order chi connectivity index (χ1) is 6.08. The number of hydrogen-bond donors (Lipinski definition) is 4. The fourth-order valence-electron chi connectivity index (χ4n) is 0.570. The summed E-state index contributed by atoms with van der Waals surface area (Å²) in [5.41, 5.74) is 0. The van der Waals surface area contributed by atoms with Crippen molar-refractivity contribution in [2.45, 2.75) is 39.4 Å². The summed E-state index contributed by atoms with van der Waals surface area (Å²) in [5, 5.41) is 32.8. The fraction of sp³-hybridized carbons (Fsp3) is 1.00. The standard InChI is InChI=1S/C5H12O2.C4H10O2/c1-5(4-7)2-3-6;1-2-3-4(5)6/h5-7H,2-4H2,1H3;4-6H,2-3H2,1H3. The van der Waals surface area contributed by atoms with Crippen molar-refractivity contribution < 1.29 is 20.4 Å². The van der Waals surface area contributed by atoms with Gasteiger partial charge in [-0.1, -0.05) is 20.3 Å². The molecule has 0 aliphatic rings. The molecule has 1 unspecified atom stereocenters. The molecule has 0 fully saturated rings. The largest absolute Gasteiger partial charge is 0.396 e. The van der Waals surface area contributed by atoms with Crippen LogP contribution in [0.4, 0.5) is 0 Å². The van der Waals surface area contributed by atoms with E-state index in [-0.39, 0.29) is 19.1 Å². The van der Waals surface area contributed by atoms with Crippen molar-refractivity contribution in [3.63, 3.8) is 0 Å². The Balaban J connectivity index is 0. The molecule has 4 heteroatoms. The molecule has 4 N–H and O–H groups in total. The summed E-state index contributed by atoms with van der Waals surface area (Å²) >= 11 is 0. The Morgan fingerprint density at radius 3 is 1.69 bits per heavy atom. The van der Waals surface area contributed by atoms with Crippen LogP contribution in [0.25, 0.3) is 0 Å². The molecule has 82 valence electrons. The molecule has 13 heavy (non-hydrogen) atoms. The van der Waals surface area contributed by atoms with Crippen molar-refractivity contribution in [1.82, 2.24) is 0 Å². The van der Waals surface area contributed by atoms with E-state index in [1.807, 2.05) is 13.8 Å². The van der Waals surface area contributed by atoms with Gasteiger partial charge in [0.05, 0.1) is 0 Å². The molecular weight excluding hydrogens is 172 g/mol. The van der Waals surface area contributed by atoms with Crippen molar-refractivity contribution in [2.75, 3.05) is 13.2 Å². The molecule has 4 nitrogen and oxygen atoms in total. The van der Waals surface area contributed by atoms with Crippen molar-refractivity contribution in [2.24, 2.45) is 5.92 Å². The Kier molecular flexibility index (Phi) is 14.0. The first-order valence-corrected chi connectivity index (χ1v) is 4.66. The van der Waals surface area contributed by atoms with Crippen molar-refractivity contribution in [3.8, 4) is 0 Å². The van der Waals surface area contributed by atoms with Crippen LogP contribution in [0.1, 0.15) is 33.1 Å². The third kappa shape index (κ3) is 18.7. The molecule has 0 spiro atoms. The highest BCUT2D eigenvalue weighted by Crippen LogP contribution is 1.96. The van der Waals surface area contributed by atoms with Crippen LogP contribution in [0.15, 0.2) is 0 Å². The summed E-state index contributed by atoms with van der Waals surface area (Å²) in [6.07, 6.45) is 0.920. The van der Waals surface area contributed by atoms with E-state index < -0.39 is 6.29 Å². The smallest absolute Gasteiger partial charge is 0.151 e. The number of hydrogen-bond acceptors (Lipinski definition) is 4. The molecule has 0 saturated heterocycles. The van der Waals surface area contributed by atoms with Gasteiger partial charge in [0.1, 0.15) is 0 Å². The molecular formula is C9H22O4. The van der Waals surface area contributed by atoms with E-state index in [2.05, 4.69) is 0 Å². The summed E-state index contributed by atoms with van der Waals surface area (Å²) in [7, 11) is 0. The Labute approximate surface area is 79.8 Å². The van der Waals surface area contributed by atoms with E-state index in [1.54, 1.807) is 0 Å². The van der Waals surface area contributed by atoms with Gasteiger partial charge in [-0.2, -0.15) is 0 Å². The van der Waals surface area contributed by atoms with Crippen LogP contribution in [-0.2, 0) is 0 Å². The van der Waals surface area contributed by atoms with E-state index in [0.717, 1.165) is 6.42 Å². The lowest BCUT2D eigenvalue weighted by atomic mass is 10.1. The maximum absolute atomic E-state index is 8.35. The van der Waals surface area contributed by atoms with Gasteiger partial charge in [0, 0.05) is 13.2 Å². The van der Waals surface area contributed by atoms with Gasteiger partial charge in [-0.05, 0) is 18.8 Å². The molecule has 0 radical (unpaired) electrons. The second-order valence-electron chi connectivity index (χ2n) is 3.07. The van der Waals surface area contributed by atoms with Crippen LogP contribution in [-0.4, -0.2) is 39.9 Å². The molecule has 1 atom stereocenters. The highest BCUT2D eigenvalue weighted by atomic mass is 16.5. The number of aliphatic hydroxyl groups is 4. The molecule has 0 aromatic rings. The average Bonchev–Trinajstić information content (AvgIpc) is 2.05. The third-order valence-electron chi connectivity index (χ3n) is 1.48. The molecule has 0 saturated carbocycles. The zero-order valence-corrected chi connectivity index (χ0v) is 8.48. The molecule has 0 aliphatic heterocycles. The minimum atomic E-state index is -1.10. The van der Waals surface area contributed by atoms with Crippen LogP contribution >= 0.6 is 0 Å². The van der Waals surface area contributed by atoms with E-state index in [1.165, 1.54) is 0 Å². The first kappa shape index (κ1) is 15.3. The normalized spacial score (nSPS) is 12.2. The predicted molar refractivity (Wildman–Crippen MR) is 51.1 cm³/mol. The number of aliphatic hydroxyl groups excluding tert-OH is 3. The molecule has 0 rings (SSSR count). The monoisotopic (exact) mass is 194 g/mol. The summed E-state index contributed by atoms with van der Waals surface area (Å²) in [6, 6.07) is 0. The number of rotatable bonds is 5. The van der Waals surface area contributed by atoms with E-state index in [9.17, 15) is 0 Å². The van der Waals surface area contributed by atoms with E-state index >= 15 is 0 Å². The van der Waals surface area contributed by atoms with E-state index in [0.29, 0.717) is 12.8 Å². The second-order valence-corrected chi connectivity index (χ2v) is 3.07. The SMILES string of the molecule is CC(CO)CCO.CCCC(O)O. The quantitative estimate of drug-likeness (QED) is 0.468. The zero-order valence-electron chi connectivity index (χ0n) is 8.48. The predicted octanol–water partition coefficient (Wildman–Crippen LogP) is 0.0944. The van der Waals surface area contributed by atoms with Gasteiger partial charge in [-0.25, -0.2) is 0 Å². The first-order valence-electron chi connectivity index (χ1n) is 4.66. The summed E-state index contributed by atoms with van der Waals surface area (Å²) in [4.78, 5) is 0. The van der Waals surface area contributed by atoms with Crippen LogP contribution < -0.4 is 0 Å². The highest BCUT2D eigenvalue weighted by Gasteiger charge is 1.94. The van der Waals surface area contributed by atoms with Crippen LogP contribution in [0.3, 0.4) is 0 Å². The molecule has 0 amide bonds. The highest BCUT2D eigenvalue weighted by molar-refractivity contribution is 4.45. The lowest BCUT2D eigenvalue weighted by Crippen LogP contribution is -2.01. The molecule has 0 aromatic carbocycles. The van der Waals surface area contributed by atoms with Crippen LogP contribution in [0.2, 0.25) is 0 Å². The lowest BCUT2D eigenvalue weighted by molar-refractivity contribution is -0.0453. The van der Waals surface area contributed by atoms with Gasteiger partial charge in [-0.3, -0.25) is 0 Å². The van der Waals surface area contributed by atoms with Gasteiger partial charge < -0.3 is 20.4 Å². The van der Waals surface area contributed by atoms with Gasteiger partial charge in [0.25, 0.3) is 0 Å². The second kappa shape index (κ2) is 11.8. The average molecular weight is 194 g/mol. The third-order valence-corrected chi connectivity index (χ3v) is 1.48. The molecule has 0 bridgehead atoms. The van der Waals surface area contributed by atoms with Crippen molar-refractivity contribution >= 4 is 0 Å². The minimum absolute atomic E-state index is 0.181. The Morgan fingerprint density at radius 1 is 1.08 bits per heavy atom. The van der Waals surface area contributed by atoms with Gasteiger partial charge in [-0.15, -0.1) is 0 Å². The summed E-state index contributed by atoms with van der Waals surface area (Å²) < 4.78 is 0. The summed E-state index contributed by atoms with van der Waals surface area (Å²) in [5.74, 6) is 0.255. The van der Waals surface area contributed by atoms with Gasteiger partial charge in [0.15, 0.2) is 6.29 Å². The van der Waals surface area contributed by atoms with Crippen molar-refractivity contribution in [3.05, 3.63) is 0 Å².